The number of ether oxygens (including phenoxy) is 2. The van der Waals surface area contributed by atoms with E-state index in [4.69, 9.17) is 13.9 Å². The number of para-hydroxylation sites is 1. The predicted octanol–water partition coefficient (Wildman–Crippen LogP) is 7.25. The van der Waals surface area contributed by atoms with Crippen molar-refractivity contribution in [2.24, 2.45) is 0 Å². The van der Waals surface area contributed by atoms with Gasteiger partial charge in [-0.3, -0.25) is 4.79 Å². The van der Waals surface area contributed by atoms with Gasteiger partial charge in [0.15, 0.2) is 0 Å². The van der Waals surface area contributed by atoms with Crippen LogP contribution in [0.25, 0.3) is 11.0 Å². The van der Waals surface area contributed by atoms with Crippen molar-refractivity contribution in [3.63, 3.8) is 0 Å². The van der Waals surface area contributed by atoms with Crippen molar-refractivity contribution in [2.75, 3.05) is 0 Å². The molecule has 0 bridgehead atoms. The molecule has 0 aliphatic carbocycles. The second kappa shape index (κ2) is 8.70. The second-order valence-corrected chi connectivity index (χ2v) is 7.85. The summed E-state index contributed by atoms with van der Waals surface area (Å²) in [4.78, 5) is 12.9. The molecule has 0 N–H and O–H groups in total. The molecule has 8 heteroatoms. The zero-order valence-electron chi connectivity index (χ0n) is 16.7. The Balaban J connectivity index is 1.75. The van der Waals surface area contributed by atoms with E-state index in [2.05, 4.69) is 15.9 Å². The molecule has 4 nitrogen and oxygen atoms in total. The third kappa shape index (κ3) is 4.50. The van der Waals surface area contributed by atoms with Gasteiger partial charge in [0.25, 0.3) is 5.76 Å². The molecular formula is C24H16BrF3O4. The standard InChI is InChI=1S/C24H16BrF3O4/c1-14-6-2-3-7-15(14)13-30-16-10-11-17-20(12-16)32-23(24(26,27)28)22(21(17)29)31-19-9-5-4-8-18(19)25/h2-12H,13H2,1H3. The Morgan fingerprint density at radius 2 is 1.72 bits per heavy atom. The van der Waals surface area contributed by atoms with E-state index in [1.807, 2.05) is 31.2 Å². The molecule has 4 rings (SSSR count). The summed E-state index contributed by atoms with van der Waals surface area (Å²) in [6.45, 7) is 2.15. The summed E-state index contributed by atoms with van der Waals surface area (Å²) in [5, 5.41) is -0.0525. The molecule has 0 aliphatic rings. The van der Waals surface area contributed by atoms with Gasteiger partial charge in [0.2, 0.25) is 11.2 Å². The molecule has 0 unspecified atom stereocenters. The van der Waals surface area contributed by atoms with Crippen molar-refractivity contribution < 1.29 is 27.1 Å². The molecule has 0 atom stereocenters. The van der Waals surface area contributed by atoms with E-state index in [-0.39, 0.29) is 29.1 Å². The van der Waals surface area contributed by atoms with Crippen molar-refractivity contribution in [1.82, 2.24) is 0 Å². The Morgan fingerprint density at radius 1 is 1.00 bits per heavy atom. The molecule has 1 aromatic heterocycles. The number of hydrogen-bond donors (Lipinski definition) is 0. The second-order valence-electron chi connectivity index (χ2n) is 6.99. The number of alkyl halides is 3. The van der Waals surface area contributed by atoms with Crippen LogP contribution in [0.2, 0.25) is 0 Å². The van der Waals surface area contributed by atoms with Crippen molar-refractivity contribution in [1.29, 1.82) is 0 Å². The number of aryl methyl sites for hydroxylation is 1. The summed E-state index contributed by atoms with van der Waals surface area (Å²) in [7, 11) is 0. The van der Waals surface area contributed by atoms with E-state index in [0.717, 1.165) is 11.1 Å². The zero-order chi connectivity index (χ0) is 22.9. The first kappa shape index (κ1) is 22.0. The highest BCUT2D eigenvalue weighted by molar-refractivity contribution is 9.10. The maximum atomic E-state index is 13.7. The van der Waals surface area contributed by atoms with E-state index >= 15 is 0 Å². The lowest BCUT2D eigenvalue weighted by atomic mass is 10.1. The van der Waals surface area contributed by atoms with Crippen molar-refractivity contribution in [3.05, 3.63) is 98.3 Å². The summed E-state index contributed by atoms with van der Waals surface area (Å²) in [6, 6.07) is 18.0. The first-order valence-corrected chi connectivity index (χ1v) is 10.3. The lowest BCUT2D eigenvalue weighted by Crippen LogP contribution is -2.15. The number of rotatable bonds is 5. The molecular weight excluding hydrogens is 489 g/mol. The Hall–Kier alpha value is -3.26. The topological polar surface area (TPSA) is 48.7 Å². The minimum Gasteiger partial charge on any atom is -0.489 e. The fraction of sp³-hybridized carbons (Fsp3) is 0.125. The van der Waals surface area contributed by atoms with Crippen molar-refractivity contribution in [2.45, 2.75) is 19.7 Å². The molecule has 0 radical (unpaired) electrons. The fourth-order valence-corrected chi connectivity index (χ4v) is 3.46. The van der Waals surface area contributed by atoms with Crippen LogP contribution in [-0.2, 0) is 12.8 Å². The van der Waals surface area contributed by atoms with Crippen molar-refractivity contribution in [3.8, 4) is 17.2 Å². The molecule has 0 fully saturated rings. The van der Waals surface area contributed by atoms with Crippen LogP contribution in [0.4, 0.5) is 13.2 Å². The van der Waals surface area contributed by atoms with Crippen LogP contribution in [0.15, 0.2) is 80.4 Å². The maximum absolute atomic E-state index is 13.7. The molecule has 0 saturated heterocycles. The highest BCUT2D eigenvalue weighted by Gasteiger charge is 2.40. The molecule has 1 heterocycles. The Labute approximate surface area is 189 Å². The van der Waals surface area contributed by atoms with Gasteiger partial charge in [-0.15, -0.1) is 0 Å². The van der Waals surface area contributed by atoms with Gasteiger partial charge in [0.1, 0.15) is 23.7 Å². The Morgan fingerprint density at radius 3 is 2.44 bits per heavy atom. The highest BCUT2D eigenvalue weighted by atomic mass is 79.9. The van der Waals surface area contributed by atoms with Gasteiger partial charge in [-0.2, -0.15) is 13.2 Å². The number of hydrogen-bond acceptors (Lipinski definition) is 4. The normalized spacial score (nSPS) is 11.5. The Bertz CT molecular complexity index is 1350. The van der Waals surface area contributed by atoms with Crippen LogP contribution in [0.5, 0.6) is 17.2 Å². The molecule has 32 heavy (non-hydrogen) atoms. The minimum atomic E-state index is -4.94. The minimum absolute atomic E-state index is 0.0525. The predicted molar refractivity (Wildman–Crippen MR) is 117 cm³/mol. The lowest BCUT2D eigenvalue weighted by Gasteiger charge is -2.14. The quantitative estimate of drug-likeness (QED) is 0.287. The summed E-state index contributed by atoms with van der Waals surface area (Å²) in [6.07, 6.45) is -4.94. The zero-order valence-corrected chi connectivity index (χ0v) is 18.3. The van der Waals surface area contributed by atoms with Crippen LogP contribution in [-0.4, -0.2) is 0 Å². The maximum Gasteiger partial charge on any atom is 0.453 e. The SMILES string of the molecule is Cc1ccccc1COc1ccc2c(=O)c(Oc3ccccc3Br)c(C(F)(F)F)oc2c1. The number of fused-ring (bicyclic) bond motifs is 1. The monoisotopic (exact) mass is 504 g/mol. The molecule has 4 aromatic rings. The van der Waals surface area contributed by atoms with Gasteiger partial charge < -0.3 is 13.9 Å². The number of benzene rings is 3. The smallest absolute Gasteiger partial charge is 0.453 e. The van der Waals surface area contributed by atoms with Gasteiger partial charge in [-0.1, -0.05) is 36.4 Å². The molecule has 3 aromatic carbocycles. The first-order valence-electron chi connectivity index (χ1n) is 9.52. The van der Waals surface area contributed by atoms with Crippen molar-refractivity contribution >= 4 is 26.9 Å². The van der Waals surface area contributed by atoms with E-state index in [0.29, 0.717) is 4.47 Å². The summed E-state index contributed by atoms with van der Waals surface area (Å²) in [5.41, 5.74) is 0.777. The first-order chi connectivity index (χ1) is 15.2. The van der Waals surface area contributed by atoms with Crippen LogP contribution in [0, 0.1) is 6.92 Å². The largest absolute Gasteiger partial charge is 0.489 e. The van der Waals surface area contributed by atoms with Gasteiger partial charge >= 0.3 is 6.18 Å². The third-order valence-corrected chi connectivity index (χ3v) is 5.44. The van der Waals surface area contributed by atoms with Crippen LogP contribution in [0.1, 0.15) is 16.9 Å². The molecule has 164 valence electrons. The third-order valence-electron chi connectivity index (χ3n) is 4.78. The molecule has 0 aliphatic heterocycles. The van der Waals surface area contributed by atoms with Gasteiger partial charge in [-0.25, -0.2) is 0 Å². The highest BCUT2D eigenvalue weighted by Crippen LogP contribution is 2.39. The number of halogens is 4. The molecule has 0 amide bonds. The average Bonchev–Trinajstić information content (AvgIpc) is 2.75. The van der Waals surface area contributed by atoms with E-state index in [1.165, 1.54) is 24.3 Å². The summed E-state index contributed by atoms with van der Waals surface area (Å²) < 4.78 is 57.7. The average molecular weight is 505 g/mol. The van der Waals surface area contributed by atoms with Gasteiger partial charge in [0.05, 0.1) is 9.86 Å². The molecule has 0 saturated carbocycles. The van der Waals surface area contributed by atoms with Crippen LogP contribution >= 0.6 is 15.9 Å². The van der Waals surface area contributed by atoms with E-state index < -0.39 is 23.1 Å². The van der Waals surface area contributed by atoms with Gasteiger partial charge in [-0.05, 0) is 58.2 Å². The fourth-order valence-electron chi connectivity index (χ4n) is 3.10. The Kier molecular flexibility index (Phi) is 5.97. The van der Waals surface area contributed by atoms with E-state index in [1.54, 1.807) is 18.2 Å². The van der Waals surface area contributed by atoms with Gasteiger partial charge in [0, 0.05) is 6.07 Å². The summed E-state index contributed by atoms with van der Waals surface area (Å²) >= 11 is 3.20. The van der Waals surface area contributed by atoms with E-state index in [9.17, 15) is 18.0 Å². The summed E-state index contributed by atoms with van der Waals surface area (Å²) in [5.74, 6) is -2.10. The van der Waals surface area contributed by atoms with Crippen LogP contribution in [0.3, 0.4) is 0 Å². The lowest BCUT2D eigenvalue weighted by molar-refractivity contribution is -0.154. The molecule has 0 spiro atoms. The van der Waals surface area contributed by atoms with Crippen LogP contribution < -0.4 is 14.9 Å².